The Balaban J connectivity index is 2.55. The van der Waals surface area contributed by atoms with Crippen LogP contribution in [-0.4, -0.2) is 11.8 Å². The van der Waals surface area contributed by atoms with Crippen molar-refractivity contribution < 1.29 is 9.59 Å². The molecule has 0 aromatic heterocycles. The number of carbonyl (C=O) groups is 2. The molecule has 0 N–H and O–H groups in total. The minimum absolute atomic E-state index is 0.143. The molecule has 0 spiro atoms. The summed E-state index contributed by atoms with van der Waals surface area (Å²) in [5, 5.41) is 0. The molecule has 5 heteroatoms. The largest absolute Gasteiger partial charge is 0.274 e. The Labute approximate surface area is 110 Å². The summed E-state index contributed by atoms with van der Waals surface area (Å²) in [6.07, 6.45) is 0.594. The highest BCUT2D eigenvalue weighted by atomic mass is 79.9. The third-order valence-electron chi connectivity index (χ3n) is 2.44. The molecule has 1 heterocycles. The zero-order valence-electron chi connectivity index (χ0n) is 8.59. The van der Waals surface area contributed by atoms with Crippen molar-refractivity contribution in [2.45, 2.75) is 19.8 Å². The van der Waals surface area contributed by atoms with Crippen molar-refractivity contribution in [3.05, 3.63) is 26.6 Å². The smallest absolute Gasteiger partial charge is 0.234 e. The van der Waals surface area contributed by atoms with Gasteiger partial charge in [-0.05, 0) is 56.5 Å². The average Bonchev–Trinajstić information content (AvgIpc) is 2.47. The maximum atomic E-state index is 11.6. The van der Waals surface area contributed by atoms with Crippen LogP contribution in [0.2, 0.25) is 0 Å². The monoisotopic (exact) mass is 345 g/mol. The summed E-state index contributed by atoms with van der Waals surface area (Å²) >= 11 is 6.77. The first-order valence-electron chi connectivity index (χ1n) is 4.82. The quantitative estimate of drug-likeness (QED) is 0.732. The molecule has 84 valence electrons. The first-order chi connectivity index (χ1) is 7.50. The summed E-state index contributed by atoms with van der Waals surface area (Å²) in [5.74, 6) is -0.287. The minimum atomic E-state index is -0.143. The molecular weight excluding hydrogens is 338 g/mol. The van der Waals surface area contributed by atoms with Gasteiger partial charge in [0.2, 0.25) is 11.8 Å². The van der Waals surface area contributed by atoms with Crippen LogP contribution in [0.1, 0.15) is 18.4 Å². The lowest BCUT2D eigenvalue weighted by molar-refractivity contribution is -0.121. The van der Waals surface area contributed by atoms with E-state index in [0.717, 1.165) is 14.5 Å². The summed E-state index contributed by atoms with van der Waals surface area (Å²) in [6, 6.07) is 3.78. The number of rotatable bonds is 1. The van der Waals surface area contributed by atoms with Crippen molar-refractivity contribution in [3.8, 4) is 0 Å². The van der Waals surface area contributed by atoms with Gasteiger partial charge in [-0.2, -0.15) is 0 Å². The van der Waals surface area contributed by atoms with Gasteiger partial charge in [0, 0.05) is 21.8 Å². The number of nitrogens with zero attached hydrogens (tertiary/aromatic N) is 1. The lowest BCUT2D eigenvalue weighted by atomic mass is 10.2. The second-order valence-corrected chi connectivity index (χ2v) is 5.41. The fourth-order valence-electron chi connectivity index (χ4n) is 1.73. The standard InChI is InChI=1S/C11H9Br2NO2/c1-6-4-7(12)11(8(13)5-6)14-9(15)2-3-10(14)16/h4-5H,2-3H2,1H3. The topological polar surface area (TPSA) is 37.4 Å². The lowest BCUT2D eigenvalue weighted by Gasteiger charge is -2.18. The number of hydrogen-bond donors (Lipinski definition) is 0. The summed E-state index contributed by atoms with van der Waals surface area (Å²) in [6.45, 7) is 1.95. The summed E-state index contributed by atoms with van der Waals surface area (Å²) in [4.78, 5) is 24.5. The number of imide groups is 1. The van der Waals surface area contributed by atoms with Crippen LogP contribution in [-0.2, 0) is 9.59 Å². The number of anilines is 1. The van der Waals surface area contributed by atoms with Gasteiger partial charge in [-0.25, -0.2) is 4.90 Å². The minimum Gasteiger partial charge on any atom is -0.274 e. The van der Waals surface area contributed by atoms with Crippen LogP contribution in [0.15, 0.2) is 21.1 Å². The van der Waals surface area contributed by atoms with Gasteiger partial charge >= 0.3 is 0 Å². The van der Waals surface area contributed by atoms with E-state index < -0.39 is 0 Å². The summed E-state index contributed by atoms with van der Waals surface area (Å²) < 4.78 is 1.51. The molecule has 1 aromatic carbocycles. The number of halogens is 2. The van der Waals surface area contributed by atoms with Crippen molar-refractivity contribution in [2.24, 2.45) is 0 Å². The number of hydrogen-bond acceptors (Lipinski definition) is 2. The van der Waals surface area contributed by atoms with Gasteiger partial charge < -0.3 is 0 Å². The van der Waals surface area contributed by atoms with E-state index in [1.807, 2.05) is 19.1 Å². The Bertz CT molecular complexity index is 446. The third kappa shape index (κ3) is 1.94. The highest BCUT2D eigenvalue weighted by Crippen LogP contribution is 2.37. The van der Waals surface area contributed by atoms with Crippen LogP contribution < -0.4 is 4.90 Å². The summed E-state index contributed by atoms with van der Waals surface area (Å²) in [7, 11) is 0. The molecule has 0 saturated carbocycles. The van der Waals surface area contributed by atoms with Gasteiger partial charge in [0.25, 0.3) is 0 Å². The molecular formula is C11H9Br2NO2. The van der Waals surface area contributed by atoms with E-state index in [0.29, 0.717) is 18.5 Å². The molecule has 1 aliphatic rings. The maximum absolute atomic E-state index is 11.6. The molecule has 1 aromatic rings. The number of benzene rings is 1. The SMILES string of the molecule is Cc1cc(Br)c(N2C(=O)CCC2=O)c(Br)c1. The van der Waals surface area contributed by atoms with Gasteiger partial charge in [-0.1, -0.05) is 0 Å². The third-order valence-corrected chi connectivity index (χ3v) is 3.65. The van der Waals surface area contributed by atoms with Crippen molar-refractivity contribution in [1.82, 2.24) is 0 Å². The predicted molar refractivity (Wildman–Crippen MR) is 68.3 cm³/mol. The highest BCUT2D eigenvalue weighted by Gasteiger charge is 2.32. The van der Waals surface area contributed by atoms with Crippen LogP contribution in [0.5, 0.6) is 0 Å². The first-order valence-corrected chi connectivity index (χ1v) is 6.40. The fraction of sp³-hybridized carbons (Fsp3) is 0.273. The molecule has 0 bridgehead atoms. The Hall–Kier alpha value is -0.680. The second kappa shape index (κ2) is 4.30. The Kier molecular flexibility index (Phi) is 3.17. The molecule has 0 aliphatic carbocycles. The molecule has 2 rings (SSSR count). The molecule has 3 nitrogen and oxygen atoms in total. The Morgan fingerprint density at radius 1 is 1.06 bits per heavy atom. The molecule has 0 radical (unpaired) electrons. The first kappa shape index (κ1) is 11.8. The van der Waals surface area contributed by atoms with E-state index in [1.54, 1.807) is 0 Å². The van der Waals surface area contributed by atoms with Crippen molar-refractivity contribution in [3.63, 3.8) is 0 Å². The number of carbonyl (C=O) groups excluding carboxylic acids is 2. The molecule has 2 amide bonds. The maximum Gasteiger partial charge on any atom is 0.234 e. The van der Waals surface area contributed by atoms with Crippen LogP contribution in [0, 0.1) is 6.92 Å². The zero-order chi connectivity index (χ0) is 11.9. The molecule has 1 saturated heterocycles. The molecule has 1 fully saturated rings. The molecule has 0 unspecified atom stereocenters. The average molecular weight is 347 g/mol. The lowest BCUT2D eigenvalue weighted by Crippen LogP contribution is -2.29. The van der Waals surface area contributed by atoms with E-state index in [4.69, 9.17) is 0 Å². The van der Waals surface area contributed by atoms with E-state index in [2.05, 4.69) is 31.9 Å². The Morgan fingerprint density at radius 3 is 1.94 bits per heavy atom. The number of aryl methyl sites for hydroxylation is 1. The van der Waals surface area contributed by atoms with Gasteiger partial charge in [0.05, 0.1) is 5.69 Å². The predicted octanol–water partition coefficient (Wildman–Crippen LogP) is 3.17. The van der Waals surface area contributed by atoms with Crippen molar-refractivity contribution in [2.75, 3.05) is 4.90 Å². The van der Waals surface area contributed by atoms with Gasteiger partial charge in [-0.3, -0.25) is 9.59 Å². The normalized spacial score (nSPS) is 16.1. The molecule has 16 heavy (non-hydrogen) atoms. The van der Waals surface area contributed by atoms with Gasteiger partial charge in [-0.15, -0.1) is 0 Å². The molecule has 1 aliphatic heterocycles. The fourth-order valence-corrected chi connectivity index (χ4v) is 3.50. The second-order valence-electron chi connectivity index (χ2n) is 3.70. The van der Waals surface area contributed by atoms with Crippen LogP contribution >= 0.6 is 31.9 Å². The van der Waals surface area contributed by atoms with Crippen molar-refractivity contribution in [1.29, 1.82) is 0 Å². The summed E-state index contributed by atoms with van der Waals surface area (Å²) in [5.41, 5.74) is 1.67. The highest BCUT2D eigenvalue weighted by molar-refractivity contribution is 9.11. The Morgan fingerprint density at radius 2 is 1.50 bits per heavy atom. The van der Waals surface area contributed by atoms with Crippen LogP contribution in [0.25, 0.3) is 0 Å². The van der Waals surface area contributed by atoms with Crippen LogP contribution in [0.4, 0.5) is 5.69 Å². The number of amides is 2. The van der Waals surface area contributed by atoms with Crippen LogP contribution in [0.3, 0.4) is 0 Å². The molecule has 0 atom stereocenters. The van der Waals surface area contributed by atoms with Gasteiger partial charge in [0.15, 0.2) is 0 Å². The van der Waals surface area contributed by atoms with E-state index >= 15 is 0 Å². The zero-order valence-corrected chi connectivity index (χ0v) is 11.8. The van der Waals surface area contributed by atoms with E-state index in [1.165, 1.54) is 4.90 Å². The van der Waals surface area contributed by atoms with E-state index in [9.17, 15) is 9.59 Å². The van der Waals surface area contributed by atoms with E-state index in [-0.39, 0.29) is 11.8 Å². The van der Waals surface area contributed by atoms with Gasteiger partial charge in [0.1, 0.15) is 0 Å². The van der Waals surface area contributed by atoms with Crippen molar-refractivity contribution >= 4 is 49.4 Å².